The van der Waals surface area contributed by atoms with Crippen molar-refractivity contribution in [3.8, 4) is 5.75 Å². The molecule has 0 amide bonds. The second kappa shape index (κ2) is 9.81. The highest BCUT2D eigenvalue weighted by atomic mass is 16.5. The minimum atomic E-state index is 0.374. The van der Waals surface area contributed by atoms with Gasteiger partial charge in [0.25, 0.3) is 0 Å². The lowest BCUT2D eigenvalue weighted by Gasteiger charge is -2.19. The van der Waals surface area contributed by atoms with E-state index < -0.39 is 0 Å². The van der Waals surface area contributed by atoms with Crippen LogP contribution >= 0.6 is 0 Å². The zero-order valence-corrected chi connectivity index (χ0v) is 16.2. The van der Waals surface area contributed by atoms with Gasteiger partial charge in [0, 0.05) is 32.3 Å². The Morgan fingerprint density at radius 2 is 2.04 bits per heavy atom. The van der Waals surface area contributed by atoms with Crippen LogP contribution in [-0.4, -0.2) is 38.4 Å². The van der Waals surface area contributed by atoms with E-state index in [9.17, 15) is 0 Å². The summed E-state index contributed by atoms with van der Waals surface area (Å²) in [4.78, 5) is 4.33. The number of aliphatic imine (C=N–C) groups is 1. The van der Waals surface area contributed by atoms with Gasteiger partial charge in [0.15, 0.2) is 5.96 Å². The lowest BCUT2D eigenvalue weighted by Crippen LogP contribution is -2.38. The van der Waals surface area contributed by atoms with Crippen molar-refractivity contribution in [1.29, 1.82) is 0 Å². The summed E-state index contributed by atoms with van der Waals surface area (Å²) in [6, 6.07) is 6.46. The zero-order chi connectivity index (χ0) is 18.2. The summed E-state index contributed by atoms with van der Waals surface area (Å²) in [6.07, 6.45) is 9.09. The summed E-state index contributed by atoms with van der Waals surface area (Å²) in [6.45, 7) is 4.62. The van der Waals surface area contributed by atoms with Crippen LogP contribution in [-0.2, 0) is 11.3 Å². The Morgan fingerprint density at radius 3 is 2.77 bits per heavy atom. The van der Waals surface area contributed by atoms with Crippen LogP contribution in [0.1, 0.15) is 56.1 Å². The molecule has 1 atom stereocenters. The topological polar surface area (TPSA) is 54.9 Å². The predicted molar refractivity (Wildman–Crippen MR) is 106 cm³/mol. The Labute approximate surface area is 157 Å². The van der Waals surface area contributed by atoms with Crippen molar-refractivity contribution in [2.75, 3.05) is 20.2 Å². The summed E-state index contributed by atoms with van der Waals surface area (Å²) < 4.78 is 12.0. The number of hydrogen-bond acceptors (Lipinski definition) is 3. The molecule has 1 saturated heterocycles. The number of nitrogens with zero attached hydrogens (tertiary/aromatic N) is 1. The second-order valence-corrected chi connectivity index (χ2v) is 7.41. The normalized spacial score (nSPS) is 21.2. The first-order valence-electron chi connectivity index (χ1n) is 10.1. The summed E-state index contributed by atoms with van der Waals surface area (Å²) in [5.41, 5.74) is 2.42. The molecule has 1 aliphatic heterocycles. The molecule has 1 aromatic rings. The Kier molecular flexibility index (Phi) is 7.18. The number of rotatable bonds is 7. The van der Waals surface area contributed by atoms with Gasteiger partial charge in [-0.15, -0.1) is 0 Å². The molecule has 5 heteroatoms. The average molecular weight is 360 g/mol. The largest absolute Gasteiger partial charge is 0.490 e. The van der Waals surface area contributed by atoms with E-state index >= 15 is 0 Å². The number of ether oxygens (including phenoxy) is 2. The van der Waals surface area contributed by atoms with Crippen molar-refractivity contribution in [2.24, 2.45) is 4.99 Å². The minimum Gasteiger partial charge on any atom is -0.490 e. The van der Waals surface area contributed by atoms with E-state index in [1.165, 1.54) is 49.7 Å². The molecule has 0 radical (unpaired) electrons. The molecule has 3 rings (SSSR count). The molecule has 2 fully saturated rings. The molecule has 0 spiro atoms. The summed E-state index contributed by atoms with van der Waals surface area (Å²) in [5, 5.41) is 6.80. The monoisotopic (exact) mass is 359 g/mol. The molecule has 0 aromatic heterocycles. The van der Waals surface area contributed by atoms with E-state index in [-0.39, 0.29) is 0 Å². The van der Waals surface area contributed by atoms with Crippen molar-refractivity contribution in [1.82, 2.24) is 10.6 Å². The van der Waals surface area contributed by atoms with Crippen LogP contribution in [0.2, 0.25) is 0 Å². The molecule has 1 saturated carbocycles. The molecule has 1 heterocycles. The average Bonchev–Trinajstić information content (AvgIpc) is 3.33. The maximum Gasteiger partial charge on any atom is 0.191 e. The van der Waals surface area contributed by atoms with Gasteiger partial charge < -0.3 is 20.1 Å². The number of benzene rings is 1. The molecule has 1 aliphatic carbocycles. The fraction of sp³-hybridized carbons (Fsp3) is 0.667. The molecule has 0 bridgehead atoms. The maximum absolute atomic E-state index is 6.29. The first-order chi connectivity index (χ1) is 12.7. The molecule has 1 unspecified atom stereocenters. The number of aryl methyl sites for hydroxylation is 1. The van der Waals surface area contributed by atoms with Gasteiger partial charge in [-0.3, -0.25) is 4.99 Å². The Balaban J connectivity index is 1.50. The molecular formula is C21H33N3O2. The Hall–Kier alpha value is -1.75. The number of guanidine groups is 1. The second-order valence-electron chi connectivity index (χ2n) is 7.41. The quantitative estimate of drug-likeness (QED) is 0.577. The first kappa shape index (κ1) is 19.0. The van der Waals surface area contributed by atoms with Crippen LogP contribution in [0.25, 0.3) is 0 Å². The maximum atomic E-state index is 6.29. The van der Waals surface area contributed by atoms with Gasteiger partial charge in [-0.05, 0) is 63.5 Å². The first-order valence-corrected chi connectivity index (χ1v) is 10.1. The van der Waals surface area contributed by atoms with Crippen LogP contribution in [0.3, 0.4) is 0 Å². The van der Waals surface area contributed by atoms with Crippen LogP contribution in [0.4, 0.5) is 0 Å². The summed E-state index contributed by atoms with van der Waals surface area (Å²) in [5.74, 6) is 1.84. The van der Waals surface area contributed by atoms with Gasteiger partial charge in [-0.2, -0.15) is 0 Å². The smallest absolute Gasteiger partial charge is 0.191 e. The fourth-order valence-electron chi connectivity index (χ4n) is 3.73. The van der Waals surface area contributed by atoms with E-state index in [0.29, 0.717) is 18.8 Å². The van der Waals surface area contributed by atoms with Crippen LogP contribution < -0.4 is 15.4 Å². The molecule has 2 aliphatic rings. The Morgan fingerprint density at radius 1 is 1.19 bits per heavy atom. The highest BCUT2D eigenvalue weighted by Crippen LogP contribution is 2.27. The van der Waals surface area contributed by atoms with Gasteiger partial charge in [0.2, 0.25) is 0 Å². The van der Waals surface area contributed by atoms with E-state index in [2.05, 4.69) is 40.7 Å². The molecule has 1 aromatic carbocycles. The van der Waals surface area contributed by atoms with Crippen molar-refractivity contribution in [3.63, 3.8) is 0 Å². The van der Waals surface area contributed by atoms with Crippen LogP contribution in [0.15, 0.2) is 23.2 Å². The van der Waals surface area contributed by atoms with E-state index in [1.54, 1.807) is 0 Å². The lowest BCUT2D eigenvalue weighted by molar-refractivity contribution is 0.105. The number of nitrogens with one attached hydrogen (secondary N) is 2. The third kappa shape index (κ3) is 5.63. The number of hydrogen-bond donors (Lipinski definition) is 2. The summed E-state index contributed by atoms with van der Waals surface area (Å²) in [7, 11) is 1.81. The molecular weight excluding hydrogens is 326 g/mol. The van der Waals surface area contributed by atoms with Crippen LogP contribution in [0, 0.1) is 6.92 Å². The minimum absolute atomic E-state index is 0.374. The van der Waals surface area contributed by atoms with Crippen molar-refractivity contribution in [3.05, 3.63) is 29.3 Å². The zero-order valence-electron chi connectivity index (χ0n) is 16.2. The van der Waals surface area contributed by atoms with Crippen molar-refractivity contribution in [2.45, 2.75) is 70.6 Å². The summed E-state index contributed by atoms with van der Waals surface area (Å²) >= 11 is 0. The van der Waals surface area contributed by atoms with E-state index in [4.69, 9.17) is 9.47 Å². The third-order valence-electron chi connectivity index (χ3n) is 5.27. The van der Waals surface area contributed by atoms with Gasteiger partial charge in [-0.25, -0.2) is 0 Å². The van der Waals surface area contributed by atoms with Gasteiger partial charge in [0.1, 0.15) is 5.75 Å². The predicted octanol–water partition coefficient (Wildman–Crippen LogP) is 3.55. The highest BCUT2D eigenvalue weighted by molar-refractivity contribution is 5.79. The van der Waals surface area contributed by atoms with Crippen LogP contribution in [0.5, 0.6) is 5.75 Å². The van der Waals surface area contributed by atoms with Crippen molar-refractivity contribution < 1.29 is 9.47 Å². The van der Waals surface area contributed by atoms with Gasteiger partial charge in [-0.1, -0.05) is 12.1 Å². The fourth-order valence-corrected chi connectivity index (χ4v) is 3.73. The van der Waals surface area contributed by atoms with E-state index in [0.717, 1.165) is 31.3 Å². The lowest BCUT2D eigenvalue weighted by atomic mass is 10.1. The third-order valence-corrected chi connectivity index (χ3v) is 5.27. The molecule has 26 heavy (non-hydrogen) atoms. The molecule has 5 nitrogen and oxygen atoms in total. The molecule has 144 valence electrons. The standard InChI is InChI=1S/C21H33N3O2/c1-16-9-10-17(20(14-16)26-19-6-3-4-7-19)15-24-21(22-2)23-12-11-18-8-5-13-25-18/h9-10,14,18-19H,3-8,11-13,15H2,1-2H3,(H2,22,23,24). The van der Waals surface area contributed by atoms with E-state index in [1.807, 2.05) is 7.05 Å². The van der Waals surface area contributed by atoms with Gasteiger partial charge in [0.05, 0.1) is 12.2 Å². The van der Waals surface area contributed by atoms with Crippen molar-refractivity contribution >= 4 is 5.96 Å². The Bertz CT molecular complexity index is 591. The molecule has 2 N–H and O–H groups in total. The SMILES string of the molecule is CN=C(NCCC1CCCO1)NCc1ccc(C)cc1OC1CCCC1. The highest BCUT2D eigenvalue weighted by Gasteiger charge is 2.18. The van der Waals surface area contributed by atoms with Gasteiger partial charge >= 0.3 is 0 Å².